The predicted molar refractivity (Wildman–Crippen MR) is 92.7 cm³/mol. The molecule has 0 aliphatic heterocycles. The molecule has 0 radical (unpaired) electrons. The number of benzene rings is 2. The molecule has 0 saturated heterocycles. The molecule has 0 amide bonds. The van der Waals surface area contributed by atoms with Crippen LogP contribution in [0.25, 0.3) is 0 Å². The Morgan fingerprint density at radius 1 is 1.00 bits per heavy atom. The van der Waals surface area contributed by atoms with Gasteiger partial charge < -0.3 is 9.88 Å². The van der Waals surface area contributed by atoms with E-state index >= 15 is 0 Å². The molecule has 0 aliphatic carbocycles. The van der Waals surface area contributed by atoms with Gasteiger partial charge in [-0.3, -0.25) is 5.41 Å². The van der Waals surface area contributed by atoms with Gasteiger partial charge in [0.15, 0.2) is 28.8 Å². The van der Waals surface area contributed by atoms with E-state index < -0.39 is 28.8 Å². The minimum atomic E-state index is -1.57. The summed E-state index contributed by atoms with van der Waals surface area (Å²) in [6.07, 6.45) is 1.00. The topological polar surface area (TPSA) is 53.7 Å². The average Bonchev–Trinajstić information content (AvgIpc) is 2.60. The van der Waals surface area contributed by atoms with Gasteiger partial charge in [0.2, 0.25) is 5.95 Å². The molecule has 0 aliphatic rings. The molecule has 4 nitrogen and oxygen atoms in total. The highest BCUT2D eigenvalue weighted by molar-refractivity contribution is 5.59. The lowest BCUT2D eigenvalue weighted by molar-refractivity contribution is 0.444. The molecule has 27 heavy (non-hydrogen) atoms. The van der Waals surface area contributed by atoms with Gasteiger partial charge in [0.25, 0.3) is 0 Å². The van der Waals surface area contributed by atoms with Crippen LogP contribution in [0, 0.1) is 42.5 Å². The van der Waals surface area contributed by atoms with E-state index in [0.29, 0.717) is 5.69 Å². The molecule has 2 aromatic carbocycles. The van der Waals surface area contributed by atoms with Crippen molar-refractivity contribution in [3.8, 4) is 0 Å². The van der Waals surface area contributed by atoms with Gasteiger partial charge in [-0.05, 0) is 48.7 Å². The number of halogens is 4. The number of hydrogen-bond acceptors (Lipinski definition) is 3. The van der Waals surface area contributed by atoms with Crippen LogP contribution < -0.4 is 10.8 Å². The molecule has 140 valence electrons. The summed E-state index contributed by atoms with van der Waals surface area (Å²) in [7, 11) is 0. The van der Waals surface area contributed by atoms with Crippen LogP contribution in [0.1, 0.15) is 16.7 Å². The van der Waals surface area contributed by atoms with Crippen LogP contribution in [0.15, 0.2) is 36.5 Å². The van der Waals surface area contributed by atoms with Crippen LogP contribution in [0.4, 0.5) is 29.2 Å². The Morgan fingerprint density at radius 3 is 2.33 bits per heavy atom. The van der Waals surface area contributed by atoms with Gasteiger partial charge in [-0.1, -0.05) is 12.1 Å². The molecule has 8 heteroatoms. The Morgan fingerprint density at radius 2 is 1.67 bits per heavy atom. The van der Waals surface area contributed by atoms with E-state index in [-0.39, 0.29) is 18.1 Å². The van der Waals surface area contributed by atoms with Crippen LogP contribution in [-0.2, 0) is 6.54 Å². The number of rotatable bonds is 4. The van der Waals surface area contributed by atoms with Crippen molar-refractivity contribution in [2.24, 2.45) is 0 Å². The number of nitrogens with zero attached hydrogens (tertiary/aromatic N) is 2. The molecule has 2 N–H and O–H groups in total. The Kier molecular flexibility index (Phi) is 4.98. The highest BCUT2D eigenvalue weighted by atomic mass is 19.2. The van der Waals surface area contributed by atoms with Gasteiger partial charge in [0, 0.05) is 11.9 Å². The molecule has 3 aromatic rings. The quantitative estimate of drug-likeness (QED) is 0.526. The largest absolute Gasteiger partial charge is 0.325 e. The molecule has 0 atom stereocenters. The predicted octanol–water partition coefficient (Wildman–Crippen LogP) is 4.33. The second-order valence-electron chi connectivity index (χ2n) is 6.21. The van der Waals surface area contributed by atoms with Crippen molar-refractivity contribution in [3.63, 3.8) is 0 Å². The first-order valence-electron chi connectivity index (χ1n) is 8.04. The first kappa shape index (κ1) is 18.6. The molecular weight excluding hydrogens is 360 g/mol. The lowest BCUT2D eigenvalue weighted by Gasteiger charge is -2.16. The summed E-state index contributed by atoms with van der Waals surface area (Å²) in [5, 5.41) is 10.6. The van der Waals surface area contributed by atoms with Crippen molar-refractivity contribution in [1.29, 1.82) is 5.41 Å². The summed E-state index contributed by atoms with van der Waals surface area (Å²) in [6.45, 7) is 3.59. The molecule has 0 saturated carbocycles. The molecular formula is C19H16F4N4. The van der Waals surface area contributed by atoms with Crippen LogP contribution in [0.3, 0.4) is 0 Å². The first-order chi connectivity index (χ1) is 12.7. The van der Waals surface area contributed by atoms with Crippen LogP contribution in [-0.4, -0.2) is 9.55 Å². The average molecular weight is 376 g/mol. The second-order valence-corrected chi connectivity index (χ2v) is 6.21. The summed E-state index contributed by atoms with van der Waals surface area (Å²) in [5.41, 5.74) is 2.07. The van der Waals surface area contributed by atoms with Crippen molar-refractivity contribution in [2.75, 3.05) is 5.32 Å². The van der Waals surface area contributed by atoms with Crippen molar-refractivity contribution in [2.45, 2.75) is 20.4 Å². The maximum Gasteiger partial charge on any atom is 0.209 e. The fraction of sp³-hybridized carbons (Fsp3) is 0.158. The lowest BCUT2D eigenvalue weighted by atomic mass is 10.1. The third-order valence-electron chi connectivity index (χ3n) is 4.02. The summed E-state index contributed by atoms with van der Waals surface area (Å²) < 4.78 is 55.2. The van der Waals surface area contributed by atoms with Crippen molar-refractivity contribution < 1.29 is 17.6 Å². The molecule has 1 heterocycles. The Labute approximate surface area is 152 Å². The van der Waals surface area contributed by atoms with Crippen molar-refractivity contribution >= 4 is 11.6 Å². The normalized spacial score (nSPS) is 10.9. The Hall–Kier alpha value is -3.16. The van der Waals surface area contributed by atoms with Gasteiger partial charge in [0.1, 0.15) is 0 Å². The van der Waals surface area contributed by atoms with Gasteiger partial charge in [-0.25, -0.2) is 17.6 Å². The maximum absolute atomic E-state index is 13.9. The number of aromatic nitrogens is 2. The van der Waals surface area contributed by atoms with Crippen molar-refractivity contribution in [1.82, 2.24) is 9.55 Å². The number of anilines is 2. The third kappa shape index (κ3) is 3.99. The molecule has 1 aromatic heterocycles. The van der Waals surface area contributed by atoms with E-state index in [1.807, 2.05) is 32.0 Å². The van der Waals surface area contributed by atoms with Gasteiger partial charge in [-0.2, -0.15) is 4.98 Å². The first-order valence-corrected chi connectivity index (χ1v) is 8.04. The highest BCUT2D eigenvalue weighted by Gasteiger charge is 2.13. The zero-order valence-electron chi connectivity index (χ0n) is 14.6. The molecule has 3 rings (SSSR count). The SMILES string of the molecule is Cc1ccc(C)c(Nc2nc(=N)c(F)cn2Cc2cc(F)c(F)c(F)c2)c1. The molecule has 0 spiro atoms. The lowest BCUT2D eigenvalue weighted by Crippen LogP contribution is -2.20. The summed E-state index contributed by atoms with van der Waals surface area (Å²) in [6, 6.07) is 7.33. The number of aryl methyl sites for hydroxylation is 2. The molecule has 0 bridgehead atoms. The number of hydrogen-bond donors (Lipinski definition) is 2. The van der Waals surface area contributed by atoms with Crippen LogP contribution >= 0.6 is 0 Å². The maximum atomic E-state index is 13.9. The smallest absolute Gasteiger partial charge is 0.209 e. The van der Waals surface area contributed by atoms with E-state index in [4.69, 9.17) is 5.41 Å². The molecule has 0 fully saturated rings. The van der Waals surface area contributed by atoms with E-state index in [0.717, 1.165) is 29.5 Å². The van der Waals surface area contributed by atoms with Gasteiger partial charge in [-0.15, -0.1) is 0 Å². The minimum Gasteiger partial charge on any atom is -0.325 e. The summed E-state index contributed by atoms with van der Waals surface area (Å²) in [5.74, 6) is -5.02. The fourth-order valence-corrected chi connectivity index (χ4v) is 2.59. The van der Waals surface area contributed by atoms with E-state index in [9.17, 15) is 17.6 Å². The Balaban J connectivity index is 2.04. The number of nitrogens with one attached hydrogen (secondary N) is 2. The van der Waals surface area contributed by atoms with Crippen LogP contribution in [0.2, 0.25) is 0 Å². The summed E-state index contributed by atoms with van der Waals surface area (Å²) in [4.78, 5) is 3.88. The zero-order chi connectivity index (χ0) is 19.7. The highest BCUT2D eigenvalue weighted by Crippen LogP contribution is 2.21. The second kappa shape index (κ2) is 7.22. The minimum absolute atomic E-state index is 0.0827. The van der Waals surface area contributed by atoms with Crippen molar-refractivity contribution in [3.05, 3.63) is 82.0 Å². The van der Waals surface area contributed by atoms with Crippen LogP contribution in [0.5, 0.6) is 0 Å². The van der Waals surface area contributed by atoms with E-state index in [2.05, 4.69) is 10.3 Å². The zero-order valence-corrected chi connectivity index (χ0v) is 14.6. The van der Waals surface area contributed by atoms with E-state index in [1.54, 1.807) is 0 Å². The van der Waals surface area contributed by atoms with E-state index in [1.165, 1.54) is 4.57 Å². The Bertz CT molecular complexity index is 1050. The summed E-state index contributed by atoms with van der Waals surface area (Å²) >= 11 is 0. The standard InChI is InChI=1S/C19H16F4N4/c1-10-3-4-11(2)16(5-10)25-19-26-18(24)15(22)9-27(19)8-12-6-13(20)17(23)14(21)7-12/h3-7,9H,8H2,1-2H3,(H2,24,25,26). The monoisotopic (exact) mass is 376 g/mol. The molecule has 0 unspecified atom stereocenters. The fourth-order valence-electron chi connectivity index (χ4n) is 2.59. The van der Waals surface area contributed by atoms with Gasteiger partial charge >= 0.3 is 0 Å². The third-order valence-corrected chi connectivity index (χ3v) is 4.02. The van der Waals surface area contributed by atoms with Gasteiger partial charge in [0.05, 0.1) is 6.54 Å².